The van der Waals surface area contributed by atoms with E-state index in [1.165, 1.54) is 25.9 Å². The fourth-order valence-corrected chi connectivity index (χ4v) is 2.23. The first kappa shape index (κ1) is 13.7. The Morgan fingerprint density at radius 3 is 2.38 bits per heavy atom. The third-order valence-electron chi connectivity index (χ3n) is 3.39. The summed E-state index contributed by atoms with van der Waals surface area (Å²) in [5.74, 6) is 0. The summed E-state index contributed by atoms with van der Waals surface area (Å²) in [6, 6.07) is 0.764. The third-order valence-corrected chi connectivity index (χ3v) is 3.39. The van der Waals surface area contributed by atoms with E-state index in [2.05, 4.69) is 30.4 Å². The van der Waals surface area contributed by atoms with Crippen LogP contribution >= 0.6 is 0 Å². The van der Waals surface area contributed by atoms with Gasteiger partial charge in [-0.25, -0.2) is 0 Å². The summed E-state index contributed by atoms with van der Waals surface area (Å²) in [5.41, 5.74) is 0. The first-order valence-electron chi connectivity index (χ1n) is 6.41. The molecular weight excluding hydrogens is 200 g/mol. The number of nitrogens with zero attached hydrogens (tertiary/aromatic N) is 2. The number of piperidine rings is 1. The van der Waals surface area contributed by atoms with Crippen molar-refractivity contribution in [1.82, 2.24) is 9.80 Å². The number of carbonyl (C=O) groups is 1. The van der Waals surface area contributed by atoms with Crippen LogP contribution in [0, 0.1) is 6.54 Å². The molecule has 0 aromatic heterocycles. The van der Waals surface area contributed by atoms with Crippen molar-refractivity contribution in [2.24, 2.45) is 0 Å². The van der Waals surface area contributed by atoms with E-state index in [9.17, 15) is 4.79 Å². The van der Waals surface area contributed by atoms with E-state index in [0.717, 1.165) is 38.0 Å². The van der Waals surface area contributed by atoms with E-state index in [4.69, 9.17) is 0 Å². The van der Waals surface area contributed by atoms with Crippen molar-refractivity contribution < 1.29 is 4.79 Å². The van der Waals surface area contributed by atoms with Crippen molar-refractivity contribution >= 4 is 6.29 Å². The van der Waals surface area contributed by atoms with Gasteiger partial charge >= 0.3 is 0 Å². The number of hydrogen-bond donors (Lipinski definition) is 0. The van der Waals surface area contributed by atoms with Gasteiger partial charge in [0.15, 0.2) is 0 Å². The number of aldehydes is 1. The molecule has 0 atom stereocenters. The third kappa shape index (κ3) is 5.08. The largest absolute Gasteiger partial charge is 0.306 e. The Kier molecular flexibility index (Phi) is 6.65. The van der Waals surface area contributed by atoms with Crippen LogP contribution in [0.4, 0.5) is 0 Å². The van der Waals surface area contributed by atoms with E-state index in [0.29, 0.717) is 0 Å². The predicted molar refractivity (Wildman–Crippen MR) is 67.1 cm³/mol. The standard InChI is InChI=1S/C13H25N2O/c1-14(2)13-7-10-15(11-8-13)9-5-3-4-6-12-16/h9,12-13H,3-8,10-11H2,1-2H3. The van der Waals surface area contributed by atoms with E-state index in [-0.39, 0.29) is 0 Å². The molecule has 1 saturated heterocycles. The van der Waals surface area contributed by atoms with Gasteiger partial charge in [0.1, 0.15) is 6.29 Å². The van der Waals surface area contributed by atoms with Gasteiger partial charge in [0.05, 0.1) is 0 Å². The molecule has 0 spiro atoms. The molecule has 0 N–H and O–H groups in total. The molecule has 0 saturated carbocycles. The zero-order valence-corrected chi connectivity index (χ0v) is 10.7. The highest BCUT2D eigenvalue weighted by Gasteiger charge is 2.19. The molecule has 93 valence electrons. The van der Waals surface area contributed by atoms with Crippen molar-refractivity contribution in [1.29, 1.82) is 0 Å². The molecule has 1 rings (SSSR count). The Hall–Kier alpha value is -0.410. The maximum absolute atomic E-state index is 10.1. The summed E-state index contributed by atoms with van der Waals surface area (Å²) in [5, 5.41) is 0. The number of rotatable bonds is 7. The van der Waals surface area contributed by atoms with Crippen molar-refractivity contribution in [3.8, 4) is 0 Å². The van der Waals surface area contributed by atoms with Gasteiger partial charge < -0.3 is 9.69 Å². The monoisotopic (exact) mass is 225 g/mol. The molecule has 0 amide bonds. The second-order valence-electron chi connectivity index (χ2n) is 4.86. The molecule has 0 aromatic carbocycles. The molecule has 1 aliphatic heterocycles. The lowest BCUT2D eigenvalue weighted by atomic mass is 10.0. The number of hydrogen-bond acceptors (Lipinski definition) is 3. The lowest BCUT2D eigenvalue weighted by Gasteiger charge is -2.34. The molecule has 1 fully saturated rings. The molecule has 1 radical (unpaired) electrons. The van der Waals surface area contributed by atoms with Gasteiger partial charge in [-0.1, -0.05) is 6.42 Å². The number of likely N-dealkylation sites (tertiary alicyclic amines) is 1. The van der Waals surface area contributed by atoms with Crippen molar-refractivity contribution in [2.75, 3.05) is 27.2 Å². The van der Waals surface area contributed by atoms with Crippen LogP contribution in [0.3, 0.4) is 0 Å². The molecule has 1 aliphatic rings. The van der Waals surface area contributed by atoms with Gasteiger partial charge in [-0.3, -0.25) is 4.90 Å². The van der Waals surface area contributed by atoms with Crippen LogP contribution in [-0.2, 0) is 4.79 Å². The molecule has 1 heterocycles. The minimum absolute atomic E-state index is 0.719. The number of carbonyl (C=O) groups excluding carboxylic acids is 1. The maximum Gasteiger partial charge on any atom is 0.119 e. The Labute approximate surface area is 99.8 Å². The summed E-state index contributed by atoms with van der Waals surface area (Å²) in [6.07, 6.45) is 7.59. The topological polar surface area (TPSA) is 23.6 Å². The lowest BCUT2D eigenvalue weighted by molar-refractivity contribution is -0.107. The van der Waals surface area contributed by atoms with E-state index >= 15 is 0 Å². The Morgan fingerprint density at radius 2 is 1.81 bits per heavy atom. The van der Waals surface area contributed by atoms with Crippen molar-refractivity contribution in [2.45, 2.75) is 44.6 Å². The van der Waals surface area contributed by atoms with Crippen LogP contribution in [0.5, 0.6) is 0 Å². The van der Waals surface area contributed by atoms with Gasteiger partial charge in [-0.05, 0) is 52.9 Å². The molecular formula is C13H25N2O. The smallest absolute Gasteiger partial charge is 0.119 e. The zero-order valence-electron chi connectivity index (χ0n) is 10.7. The molecule has 0 bridgehead atoms. The van der Waals surface area contributed by atoms with Gasteiger partial charge in [0.2, 0.25) is 0 Å². The fourth-order valence-electron chi connectivity index (χ4n) is 2.23. The van der Waals surface area contributed by atoms with Crippen LogP contribution in [-0.4, -0.2) is 49.3 Å². The van der Waals surface area contributed by atoms with Gasteiger partial charge in [-0.2, -0.15) is 0 Å². The summed E-state index contributed by atoms with van der Waals surface area (Å²) in [4.78, 5) is 14.9. The van der Waals surface area contributed by atoms with E-state index in [1.807, 2.05) is 0 Å². The van der Waals surface area contributed by atoms with Crippen LogP contribution in [0.2, 0.25) is 0 Å². The average molecular weight is 225 g/mol. The van der Waals surface area contributed by atoms with E-state index < -0.39 is 0 Å². The minimum atomic E-state index is 0.719. The predicted octanol–water partition coefficient (Wildman–Crippen LogP) is 1.93. The molecule has 0 aliphatic carbocycles. The first-order chi connectivity index (χ1) is 7.74. The Balaban J connectivity index is 2.01. The van der Waals surface area contributed by atoms with Crippen molar-refractivity contribution in [3.63, 3.8) is 0 Å². The van der Waals surface area contributed by atoms with Gasteiger partial charge in [-0.15, -0.1) is 0 Å². The molecule has 3 heteroatoms. The van der Waals surface area contributed by atoms with Crippen LogP contribution in [0.1, 0.15) is 38.5 Å². The lowest BCUT2D eigenvalue weighted by Crippen LogP contribution is -2.40. The highest BCUT2D eigenvalue weighted by molar-refractivity contribution is 5.48. The van der Waals surface area contributed by atoms with E-state index in [1.54, 1.807) is 0 Å². The minimum Gasteiger partial charge on any atom is -0.306 e. The quantitative estimate of drug-likeness (QED) is 0.488. The second-order valence-corrected chi connectivity index (χ2v) is 4.86. The fraction of sp³-hybridized carbons (Fsp3) is 0.846. The normalized spacial score (nSPS) is 19.2. The summed E-state index contributed by atoms with van der Waals surface area (Å²) in [6.45, 7) is 4.71. The second kappa shape index (κ2) is 7.80. The maximum atomic E-state index is 10.1. The van der Waals surface area contributed by atoms with Crippen molar-refractivity contribution in [3.05, 3.63) is 6.54 Å². The summed E-state index contributed by atoms with van der Waals surface area (Å²) >= 11 is 0. The molecule has 0 unspecified atom stereocenters. The van der Waals surface area contributed by atoms with Gasteiger partial charge in [0.25, 0.3) is 0 Å². The number of unbranched alkanes of at least 4 members (excludes halogenated alkanes) is 3. The highest BCUT2D eigenvalue weighted by atomic mass is 16.1. The highest BCUT2D eigenvalue weighted by Crippen LogP contribution is 2.16. The van der Waals surface area contributed by atoms with Crippen LogP contribution in [0.15, 0.2) is 0 Å². The first-order valence-corrected chi connectivity index (χ1v) is 6.41. The summed E-state index contributed by atoms with van der Waals surface area (Å²) in [7, 11) is 4.34. The van der Waals surface area contributed by atoms with Gasteiger partial charge in [0, 0.05) is 19.0 Å². The molecule has 16 heavy (non-hydrogen) atoms. The molecule has 3 nitrogen and oxygen atoms in total. The Bertz CT molecular complexity index is 186. The Morgan fingerprint density at radius 1 is 1.19 bits per heavy atom. The zero-order chi connectivity index (χ0) is 11.8. The average Bonchev–Trinajstić information content (AvgIpc) is 2.29. The SMILES string of the molecule is CN(C)C1CCN([CH]CCCCC=O)CC1. The molecule has 0 aromatic rings. The summed E-state index contributed by atoms with van der Waals surface area (Å²) < 4.78 is 0. The van der Waals surface area contributed by atoms with Crippen LogP contribution in [0.25, 0.3) is 0 Å². The van der Waals surface area contributed by atoms with Crippen LogP contribution < -0.4 is 0 Å².